The van der Waals surface area contributed by atoms with Crippen LogP contribution in [0.1, 0.15) is 42.9 Å². The molecule has 1 heterocycles. The van der Waals surface area contributed by atoms with Crippen molar-refractivity contribution in [2.24, 2.45) is 0 Å². The van der Waals surface area contributed by atoms with Gasteiger partial charge in [0.25, 0.3) is 0 Å². The van der Waals surface area contributed by atoms with Gasteiger partial charge in [0.1, 0.15) is 11.5 Å². The molecule has 5 nitrogen and oxygen atoms in total. The Balaban J connectivity index is 1.57. The van der Waals surface area contributed by atoms with Crippen molar-refractivity contribution in [3.63, 3.8) is 0 Å². The van der Waals surface area contributed by atoms with Crippen LogP contribution in [-0.2, 0) is 4.79 Å². The molecule has 0 saturated carbocycles. The Morgan fingerprint density at radius 3 is 2.42 bits per heavy atom. The molecule has 0 bridgehead atoms. The summed E-state index contributed by atoms with van der Waals surface area (Å²) in [4.78, 5) is 13.6. The van der Waals surface area contributed by atoms with E-state index in [4.69, 9.17) is 9.47 Å². The second kappa shape index (κ2) is 9.02. The molecule has 0 unspecified atom stereocenters. The monoisotopic (exact) mass is 440 g/mol. The van der Waals surface area contributed by atoms with Gasteiger partial charge in [0, 0.05) is 17.7 Å². The molecule has 5 rings (SSSR count). The summed E-state index contributed by atoms with van der Waals surface area (Å²) in [5.41, 5.74) is 5.92. The first-order valence-corrected chi connectivity index (χ1v) is 11.4. The van der Waals surface area contributed by atoms with Crippen LogP contribution in [0.25, 0.3) is 0 Å². The highest BCUT2D eigenvalue weighted by Gasteiger charge is 2.36. The number of ketones is 1. The van der Waals surface area contributed by atoms with Crippen molar-refractivity contribution in [3.05, 3.63) is 95.2 Å². The highest BCUT2D eigenvalue weighted by atomic mass is 16.5. The van der Waals surface area contributed by atoms with Crippen molar-refractivity contribution in [1.29, 1.82) is 0 Å². The van der Waals surface area contributed by atoms with Crippen molar-refractivity contribution in [1.82, 2.24) is 0 Å². The smallest absolute Gasteiger partial charge is 0.163 e. The second-order valence-corrected chi connectivity index (χ2v) is 8.45. The fraction of sp³-hybridized carbons (Fsp3) is 0.250. The van der Waals surface area contributed by atoms with Crippen LogP contribution in [0.15, 0.2) is 84.1 Å². The minimum Gasteiger partial charge on any atom is -0.497 e. The number of allylic oxidation sites excluding steroid dienone is 1. The van der Waals surface area contributed by atoms with Crippen LogP contribution in [0.4, 0.5) is 11.4 Å². The number of carbonyl (C=O) groups is 1. The molecule has 3 aromatic carbocycles. The number of hydrogen-bond acceptors (Lipinski definition) is 5. The lowest BCUT2D eigenvalue weighted by Gasteiger charge is -2.30. The van der Waals surface area contributed by atoms with E-state index in [-0.39, 0.29) is 17.7 Å². The van der Waals surface area contributed by atoms with Crippen molar-refractivity contribution in [2.45, 2.75) is 31.7 Å². The van der Waals surface area contributed by atoms with Crippen molar-refractivity contribution >= 4 is 17.2 Å². The fourth-order valence-electron chi connectivity index (χ4n) is 4.80. The van der Waals surface area contributed by atoms with Crippen molar-refractivity contribution in [3.8, 4) is 11.5 Å². The first kappa shape index (κ1) is 21.1. The summed E-state index contributed by atoms with van der Waals surface area (Å²) in [7, 11) is 1.66. The Kier molecular flexibility index (Phi) is 5.78. The van der Waals surface area contributed by atoms with Crippen LogP contribution in [0.2, 0.25) is 0 Å². The molecule has 33 heavy (non-hydrogen) atoms. The zero-order chi connectivity index (χ0) is 22.8. The molecule has 2 atom stereocenters. The summed E-state index contributed by atoms with van der Waals surface area (Å²) in [5, 5.41) is 7.23. The lowest BCUT2D eigenvalue weighted by molar-refractivity contribution is -0.116. The zero-order valence-corrected chi connectivity index (χ0v) is 18.9. The summed E-state index contributed by atoms with van der Waals surface area (Å²) in [6.07, 6.45) is 1.25. The van der Waals surface area contributed by atoms with E-state index in [1.807, 2.05) is 61.5 Å². The normalized spacial score (nSPS) is 19.5. The molecule has 0 fully saturated rings. The number of anilines is 2. The molecule has 0 saturated heterocycles. The third-order valence-electron chi connectivity index (χ3n) is 6.40. The Bertz CT molecular complexity index is 1200. The Hall–Kier alpha value is -3.73. The molecule has 2 N–H and O–H groups in total. The molecule has 0 aromatic heterocycles. The summed E-state index contributed by atoms with van der Waals surface area (Å²) in [5.74, 6) is 1.91. The van der Waals surface area contributed by atoms with Crippen LogP contribution in [0.5, 0.6) is 11.5 Å². The number of hydrogen-bond donors (Lipinski definition) is 2. The van der Waals surface area contributed by atoms with Gasteiger partial charge in [-0.15, -0.1) is 0 Å². The molecule has 5 heteroatoms. The predicted molar refractivity (Wildman–Crippen MR) is 131 cm³/mol. The van der Waals surface area contributed by atoms with Crippen LogP contribution in [0.3, 0.4) is 0 Å². The topological polar surface area (TPSA) is 59.6 Å². The van der Waals surface area contributed by atoms with Gasteiger partial charge in [-0.1, -0.05) is 36.4 Å². The fourth-order valence-corrected chi connectivity index (χ4v) is 4.80. The van der Waals surface area contributed by atoms with E-state index in [0.29, 0.717) is 13.0 Å². The maximum atomic E-state index is 13.6. The van der Waals surface area contributed by atoms with Gasteiger partial charge in [-0.2, -0.15) is 0 Å². The van der Waals surface area contributed by atoms with E-state index < -0.39 is 0 Å². The van der Waals surface area contributed by atoms with Crippen LogP contribution in [-0.4, -0.2) is 19.5 Å². The largest absolute Gasteiger partial charge is 0.497 e. The third kappa shape index (κ3) is 4.19. The zero-order valence-electron chi connectivity index (χ0n) is 18.9. The van der Waals surface area contributed by atoms with Crippen LogP contribution >= 0.6 is 0 Å². The molecular formula is C28H28N2O3. The second-order valence-electron chi connectivity index (χ2n) is 8.45. The standard InChI is InChI=1S/C28H28N2O3/c1-3-33-22-8-6-7-19(15-22)28-27-25(29-23-9-4-5-10-24(23)30-28)16-20(17-26(27)31)18-11-13-21(32-2)14-12-18/h4-15,20,28-30H,3,16-17H2,1-2H3/t20-,28-/m0/s1. The summed E-state index contributed by atoms with van der Waals surface area (Å²) < 4.78 is 11.0. The SMILES string of the molecule is CCOc1cccc([C@@H]2Nc3ccccc3NC3=C2C(=O)C[C@@H](c2ccc(OC)cc2)C3)c1. The predicted octanol–water partition coefficient (Wildman–Crippen LogP) is 6.07. The number of Topliss-reactive ketones (excluding diaryl/α,β-unsaturated/α-hetero) is 1. The minimum atomic E-state index is -0.249. The lowest BCUT2D eigenvalue weighted by Crippen LogP contribution is -2.26. The molecule has 0 spiro atoms. The van der Waals surface area contributed by atoms with E-state index in [1.54, 1.807) is 7.11 Å². The average molecular weight is 441 g/mol. The summed E-state index contributed by atoms with van der Waals surface area (Å²) >= 11 is 0. The van der Waals surface area contributed by atoms with E-state index in [9.17, 15) is 4.79 Å². The Labute approximate surface area is 194 Å². The van der Waals surface area contributed by atoms with E-state index in [0.717, 1.165) is 51.7 Å². The van der Waals surface area contributed by atoms with Gasteiger partial charge in [-0.25, -0.2) is 0 Å². The Morgan fingerprint density at radius 2 is 1.67 bits per heavy atom. The third-order valence-corrected chi connectivity index (χ3v) is 6.40. The van der Waals surface area contributed by atoms with E-state index in [2.05, 4.69) is 28.8 Å². The number of ether oxygens (including phenoxy) is 2. The molecule has 168 valence electrons. The van der Waals surface area contributed by atoms with Gasteiger partial charge in [-0.05, 0) is 66.8 Å². The van der Waals surface area contributed by atoms with E-state index in [1.165, 1.54) is 0 Å². The highest BCUT2D eigenvalue weighted by molar-refractivity contribution is 6.01. The van der Waals surface area contributed by atoms with Gasteiger partial charge in [-0.3, -0.25) is 4.79 Å². The molecule has 1 aliphatic heterocycles. The Morgan fingerprint density at radius 1 is 0.879 bits per heavy atom. The number of benzene rings is 3. The number of nitrogens with one attached hydrogen (secondary N) is 2. The van der Waals surface area contributed by atoms with E-state index >= 15 is 0 Å². The molecule has 3 aromatic rings. The number of rotatable bonds is 5. The van der Waals surface area contributed by atoms with Crippen molar-refractivity contribution in [2.75, 3.05) is 24.4 Å². The first-order valence-electron chi connectivity index (χ1n) is 11.4. The maximum Gasteiger partial charge on any atom is 0.163 e. The van der Waals surface area contributed by atoms with Gasteiger partial charge >= 0.3 is 0 Å². The van der Waals surface area contributed by atoms with Crippen molar-refractivity contribution < 1.29 is 14.3 Å². The quantitative estimate of drug-likeness (QED) is 0.504. The van der Waals surface area contributed by atoms with Gasteiger partial charge < -0.3 is 20.1 Å². The number of methoxy groups -OCH3 is 1. The van der Waals surface area contributed by atoms with Gasteiger partial charge in [0.15, 0.2) is 5.78 Å². The summed E-state index contributed by atoms with van der Waals surface area (Å²) in [6, 6.07) is 23.9. The number of fused-ring (bicyclic) bond motifs is 1. The molecule has 1 aliphatic carbocycles. The van der Waals surface area contributed by atoms with Gasteiger partial charge in [0.05, 0.1) is 31.1 Å². The summed E-state index contributed by atoms with van der Waals surface area (Å²) in [6.45, 7) is 2.57. The average Bonchev–Trinajstić information content (AvgIpc) is 3.01. The van der Waals surface area contributed by atoms with Crippen LogP contribution in [0, 0.1) is 0 Å². The molecule has 2 aliphatic rings. The minimum absolute atomic E-state index is 0.121. The van der Waals surface area contributed by atoms with Gasteiger partial charge in [0.2, 0.25) is 0 Å². The maximum absolute atomic E-state index is 13.6. The number of para-hydroxylation sites is 2. The lowest BCUT2D eigenvalue weighted by atomic mass is 9.78. The highest BCUT2D eigenvalue weighted by Crippen LogP contribution is 2.44. The molecule has 0 amide bonds. The molecular weight excluding hydrogens is 412 g/mol. The first-order chi connectivity index (χ1) is 16.2. The van der Waals surface area contributed by atoms with Crippen LogP contribution < -0.4 is 20.1 Å². The number of carbonyl (C=O) groups excluding carboxylic acids is 1. The molecule has 0 radical (unpaired) electrons.